The van der Waals surface area contributed by atoms with E-state index in [1.165, 1.54) is 30.4 Å². The summed E-state index contributed by atoms with van der Waals surface area (Å²) in [5, 5.41) is 0. The lowest BCUT2D eigenvalue weighted by atomic mass is 9.66. The van der Waals surface area contributed by atoms with E-state index in [1.54, 1.807) is 5.57 Å². The van der Waals surface area contributed by atoms with Gasteiger partial charge in [0.2, 0.25) is 0 Å². The van der Waals surface area contributed by atoms with Gasteiger partial charge in [-0.05, 0) is 43.2 Å². The summed E-state index contributed by atoms with van der Waals surface area (Å²) in [5.41, 5.74) is 4.60. The maximum absolute atomic E-state index is 6.37. The molecule has 0 aromatic heterocycles. The predicted octanol–water partition coefficient (Wildman–Crippen LogP) is 5.49. The van der Waals surface area contributed by atoms with Gasteiger partial charge in [-0.25, -0.2) is 0 Å². The highest BCUT2D eigenvalue weighted by Crippen LogP contribution is 2.49. The zero-order chi connectivity index (χ0) is 15.5. The number of ether oxygens (including phenoxy) is 1. The third kappa shape index (κ3) is 2.98. The minimum Gasteiger partial charge on any atom is -0.372 e. The first-order valence-corrected chi connectivity index (χ1v) is 8.76. The van der Waals surface area contributed by atoms with Crippen LogP contribution in [-0.2, 0) is 11.2 Å². The normalized spacial score (nSPS) is 27.1. The van der Waals surface area contributed by atoms with Gasteiger partial charge in [0.1, 0.15) is 0 Å². The smallest absolute Gasteiger partial charge is 0.0862 e. The lowest BCUT2D eigenvalue weighted by molar-refractivity contribution is -0.0375. The van der Waals surface area contributed by atoms with E-state index in [2.05, 4.69) is 66.7 Å². The molecule has 2 atom stereocenters. The second-order valence-electron chi connectivity index (χ2n) is 6.98. The molecule has 2 aromatic carbocycles. The van der Waals surface area contributed by atoms with Gasteiger partial charge in [0.05, 0.1) is 12.7 Å². The van der Waals surface area contributed by atoms with Crippen LogP contribution in [0, 0.1) is 5.41 Å². The van der Waals surface area contributed by atoms with Crippen LogP contribution in [0.25, 0.3) is 0 Å². The Balaban J connectivity index is 1.59. The third-order valence-corrected chi connectivity index (χ3v) is 5.45. The largest absolute Gasteiger partial charge is 0.372 e. The zero-order valence-electron chi connectivity index (χ0n) is 13.6. The molecule has 1 heterocycles. The summed E-state index contributed by atoms with van der Waals surface area (Å²) >= 11 is 0. The third-order valence-electron chi connectivity index (χ3n) is 5.45. The SMILES string of the molecule is C1=C2C[C@@H](c3ccccc3)OC[C@]2(Cc2ccccc2)CCC1. The number of hydrogen-bond acceptors (Lipinski definition) is 1. The van der Waals surface area contributed by atoms with Crippen molar-refractivity contribution in [1.82, 2.24) is 0 Å². The first-order valence-electron chi connectivity index (χ1n) is 8.76. The number of rotatable bonds is 3. The average molecular weight is 304 g/mol. The van der Waals surface area contributed by atoms with Crippen molar-refractivity contribution in [3.63, 3.8) is 0 Å². The van der Waals surface area contributed by atoms with Crippen molar-refractivity contribution in [3.8, 4) is 0 Å². The van der Waals surface area contributed by atoms with Crippen LogP contribution in [0.2, 0.25) is 0 Å². The van der Waals surface area contributed by atoms with Crippen molar-refractivity contribution >= 4 is 0 Å². The van der Waals surface area contributed by atoms with E-state index in [0.717, 1.165) is 19.4 Å². The highest BCUT2D eigenvalue weighted by molar-refractivity contribution is 5.29. The Labute approximate surface area is 139 Å². The molecule has 0 spiro atoms. The quantitative estimate of drug-likeness (QED) is 0.682. The molecule has 1 saturated heterocycles. The van der Waals surface area contributed by atoms with Crippen LogP contribution in [0.4, 0.5) is 0 Å². The molecule has 0 saturated carbocycles. The Morgan fingerprint density at radius 1 is 0.957 bits per heavy atom. The fraction of sp³-hybridized carbons (Fsp3) is 0.364. The molecule has 0 amide bonds. The Morgan fingerprint density at radius 2 is 1.70 bits per heavy atom. The molecular formula is C22H24O. The van der Waals surface area contributed by atoms with E-state index in [0.29, 0.717) is 0 Å². The minimum absolute atomic E-state index is 0.226. The fourth-order valence-electron chi connectivity index (χ4n) is 4.20. The summed E-state index contributed by atoms with van der Waals surface area (Å²) in [6.07, 6.45) is 8.67. The van der Waals surface area contributed by atoms with E-state index in [-0.39, 0.29) is 11.5 Å². The maximum Gasteiger partial charge on any atom is 0.0862 e. The molecule has 0 radical (unpaired) electrons. The summed E-state index contributed by atoms with van der Waals surface area (Å²) in [6.45, 7) is 0.854. The number of benzene rings is 2. The first kappa shape index (κ1) is 14.7. The molecule has 1 aliphatic carbocycles. The molecule has 23 heavy (non-hydrogen) atoms. The molecule has 1 fully saturated rings. The van der Waals surface area contributed by atoms with Crippen LogP contribution in [0.1, 0.15) is 42.9 Å². The summed E-state index contributed by atoms with van der Waals surface area (Å²) in [4.78, 5) is 0. The van der Waals surface area contributed by atoms with Crippen molar-refractivity contribution in [3.05, 3.63) is 83.4 Å². The number of allylic oxidation sites excluding steroid dienone is 1. The summed E-state index contributed by atoms with van der Waals surface area (Å²) in [7, 11) is 0. The van der Waals surface area contributed by atoms with Crippen LogP contribution in [0.5, 0.6) is 0 Å². The van der Waals surface area contributed by atoms with E-state index in [9.17, 15) is 0 Å². The lowest BCUT2D eigenvalue weighted by Gasteiger charge is -2.45. The zero-order valence-corrected chi connectivity index (χ0v) is 13.6. The van der Waals surface area contributed by atoms with Gasteiger partial charge in [0.25, 0.3) is 0 Å². The molecular weight excluding hydrogens is 280 g/mol. The maximum atomic E-state index is 6.37. The van der Waals surface area contributed by atoms with Crippen LogP contribution < -0.4 is 0 Å². The standard InChI is InChI=1S/C22H24O/c1-3-9-18(10-4-1)16-22-14-8-7-13-20(22)15-21(23-17-22)19-11-5-2-6-12-19/h1-6,9-13,21H,7-8,14-17H2/t21-,22+/m0/s1. The highest BCUT2D eigenvalue weighted by atomic mass is 16.5. The van der Waals surface area contributed by atoms with Crippen LogP contribution >= 0.6 is 0 Å². The number of hydrogen-bond donors (Lipinski definition) is 0. The monoisotopic (exact) mass is 304 g/mol. The van der Waals surface area contributed by atoms with E-state index in [4.69, 9.17) is 4.74 Å². The molecule has 4 rings (SSSR count). The topological polar surface area (TPSA) is 9.23 Å². The van der Waals surface area contributed by atoms with Gasteiger partial charge in [-0.3, -0.25) is 0 Å². The van der Waals surface area contributed by atoms with E-state index < -0.39 is 0 Å². The van der Waals surface area contributed by atoms with Crippen molar-refractivity contribution in [2.24, 2.45) is 5.41 Å². The predicted molar refractivity (Wildman–Crippen MR) is 94.3 cm³/mol. The van der Waals surface area contributed by atoms with Gasteiger partial charge in [-0.1, -0.05) is 72.3 Å². The Kier molecular flexibility index (Phi) is 4.05. The van der Waals surface area contributed by atoms with Gasteiger partial charge < -0.3 is 4.74 Å². The average Bonchev–Trinajstić information content (AvgIpc) is 2.63. The Morgan fingerprint density at radius 3 is 2.48 bits per heavy atom. The van der Waals surface area contributed by atoms with E-state index in [1.807, 2.05) is 0 Å². The molecule has 1 aliphatic heterocycles. The molecule has 2 aromatic rings. The first-order chi connectivity index (χ1) is 11.4. The lowest BCUT2D eigenvalue weighted by Crippen LogP contribution is -2.39. The summed E-state index contributed by atoms with van der Waals surface area (Å²) < 4.78 is 6.37. The second kappa shape index (κ2) is 6.33. The van der Waals surface area contributed by atoms with Crippen LogP contribution in [0.3, 0.4) is 0 Å². The van der Waals surface area contributed by atoms with Gasteiger partial charge in [0, 0.05) is 5.41 Å². The molecule has 118 valence electrons. The molecule has 0 N–H and O–H groups in total. The molecule has 1 heteroatoms. The van der Waals surface area contributed by atoms with Gasteiger partial charge >= 0.3 is 0 Å². The van der Waals surface area contributed by atoms with Crippen LogP contribution in [0.15, 0.2) is 72.3 Å². The summed E-state index contributed by atoms with van der Waals surface area (Å²) in [5.74, 6) is 0. The van der Waals surface area contributed by atoms with E-state index >= 15 is 0 Å². The molecule has 0 unspecified atom stereocenters. The summed E-state index contributed by atoms with van der Waals surface area (Å²) in [6, 6.07) is 21.6. The number of fused-ring (bicyclic) bond motifs is 1. The fourth-order valence-corrected chi connectivity index (χ4v) is 4.20. The highest BCUT2D eigenvalue weighted by Gasteiger charge is 2.41. The van der Waals surface area contributed by atoms with Crippen LogP contribution in [-0.4, -0.2) is 6.61 Å². The molecule has 2 aliphatic rings. The van der Waals surface area contributed by atoms with Gasteiger partial charge in [-0.2, -0.15) is 0 Å². The second-order valence-corrected chi connectivity index (χ2v) is 6.98. The molecule has 0 bridgehead atoms. The van der Waals surface area contributed by atoms with Crippen molar-refractivity contribution in [1.29, 1.82) is 0 Å². The van der Waals surface area contributed by atoms with Crippen molar-refractivity contribution < 1.29 is 4.74 Å². The van der Waals surface area contributed by atoms with Gasteiger partial charge in [-0.15, -0.1) is 0 Å². The Hall–Kier alpha value is -1.86. The van der Waals surface area contributed by atoms with Crippen molar-refractivity contribution in [2.75, 3.05) is 6.61 Å². The van der Waals surface area contributed by atoms with Gasteiger partial charge in [0.15, 0.2) is 0 Å². The molecule has 1 nitrogen and oxygen atoms in total. The minimum atomic E-state index is 0.226. The van der Waals surface area contributed by atoms with Crippen molar-refractivity contribution in [2.45, 2.75) is 38.2 Å². The Bertz CT molecular complexity index is 674.